The molecule has 0 fully saturated rings. The molecule has 0 aromatic heterocycles. The van der Waals surface area contributed by atoms with E-state index < -0.39 is 72.6 Å². The molecule has 0 spiro atoms. The molecule has 0 bridgehead atoms. The fraction of sp³-hybridized carbons (Fsp3) is 0.370. The summed E-state index contributed by atoms with van der Waals surface area (Å²) in [5.74, 6) is -1.19. The Morgan fingerprint density at radius 1 is 0.679 bits per heavy atom. The molecule has 7 rings (SSSR count). The number of benzene rings is 4. The summed E-state index contributed by atoms with van der Waals surface area (Å²) in [6.45, 7) is 7.92. The molecule has 4 aromatic rings. The Morgan fingerprint density at radius 3 is 1.88 bits per heavy atom. The molecule has 0 saturated heterocycles. The van der Waals surface area contributed by atoms with Gasteiger partial charge in [0.15, 0.2) is 5.71 Å². The molecule has 32 heteroatoms. The van der Waals surface area contributed by atoms with Crippen molar-refractivity contribution in [2.24, 2.45) is 0 Å². The van der Waals surface area contributed by atoms with Gasteiger partial charge in [-0.2, -0.15) is 13.2 Å². The van der Waals surface area contributed by atoms with E-state index >= 15 is 0 Å². The molecule has 0 saturated carbocycles. The maximum absolute atomic E-state index is 12.9. The van der Waals surface area contributed by atoms with E-state index in [4.69, 9.17) is 11.6 Å². The summed E-state index contributed by atoms with van der Waals surface area (Å²) in [6, 6.07) is 11.6. The number of fused-ring (bicyclic) bond motifs is 6. The Labute approximate surface area is 680 Å². The van der Waals surface area contributed by atoms with Crippen LogP contribution in [-0.4, -0.2) is 86.8 Å². The van der Waals surface area contributed by atoms with Crippen molar-refractivity contribution in [3.8, 4) is 0 Å². The molecule has 2 aliphatic heterocycles. The van der Waals surface area contributed by atoms with Crippen LogP contribution < -0.4 is 272 Å². The second-order valence-electron chi connectivity index (χ2n) is 18.5. The number of anilines is 1. The van der Waals surface area contributed by atoms with Gasteiger partial charge in [0.1, 0.15) is 26.8 Å². The Kier molecular flexibility index (Phi) is 33.1. The third kappa shape index (κ3) is 19.2. The molecule has 396 valence electrons. The third-order valence-corrected chi connectivity index (χ3v) is 17.9. The van der Waals surface area contributed by atoms with Gasteiger partial charge in [0.05, 0.1) is 59.5 Å². The summed E-state index contributed by atoms with van der Waals surface area (Å²) < 4.78 is 155. The molecular formula is C46H46ClK5N2O18S6. The predicted octanol–water partition coefficient (Wildman–Crippen LogP) is -8.85. The summed E-state index contributed by atoms with van der Waals surface area (Å²) in [7, 11) is -19.1. The number of rotatable bonds is 21. The minimum Gasteiger partial charge on any atom is -0.748 e. The number of hydrogen-bond acceptors (Lipinski definition) is 21. The van der Waals surface area contributed by atoms with Crippen LogP contribution in [0.5, 0.6) is 0 Å². The van der Waals surface area contributed by atoms with E-state index in [1.54, 1.807) is 24.3 Å². The predicted molar refractivity (Wildman–Crippen MR) is 263 cm³/mol. The van der Waals surface area contributed by atoms with Crippen molar-refractivity contribution in [2.75, 3.05) is 29.5 Å². The Bertz CT molecular complexity index is 3530. The van der Waals surface area contributed by atoms with Gasteiger partial charge in [-0.15, -0.1) is 0 Å². The molecule has 0 N–H and O–H groups in total. The standard InChI is InChI=1S/C46H51ClN2O18S6.5K/c1-45(2)38(48(20-5-7-22-70(52,53)54)34-17-13-31-25-33(72(58,59)60)27-36(69-67-65-51)40(31)42(34)45)18-14-28-10-9-11-29(44(28)47)15-19-39-46(3,4)43-35(49(39)21-6-8-23-71(55,56)57)16-12-30-24-32(68-66-64-50)26-37(41(30)43)73(61,62)63;;;;;/h12-19,24-27H,5-11,20-23H2,1-4H3,(H5-,50,51,52,53,54,55,56,57,58,59,60,61,62,63);;;;;/q;5*+1/p-5. The largest absolute Gasteiger partial charge is 1.00 e. The number of hydrogen-bond donors (Lipinski definition) is 0. The van der Waals surface area contributed by atoms with Crippen LogP contribution in [0, 0.1) is 0 Å². The maximum atomic E-state index is 12.9. The van der Waals surface area contributed by atoms with Gasteiger partial charge in [-0.05, 0) is 122 Å². The van der Waals surface area contributed by atoms with Crippen molar-refractivity contribution in [1.82, 2.24) is 0 Å². The van der Waals surface area contributed by atoms with Gasteiger partial charge in [0.2, 0.25) is 5.69 Å². The molecule has 20 nitrogen and oxygen atoms in total. The van der Waals surface area contributed by atoms with Crippen LogP contribution in [0.25, 0.3) is 21.5 Å². The first-order valence-electron chi connectivity index (χ1n) is 22.3. The van der Waals surface area contributed by atoms with Crippen LogP contribution in [-0.2, 0) is 70.0 Å². The van der Waals surface area contributed by atoms with Crippen molar-refractivity contribution in [3.05, 3.63) is 106 Å². The van der Waals surface area contributed by atoms with Crippen molar-refractivity contribution in [3.63, 3.8) is 0 Å². The smallest absolute Gasteiger partial charge is 0.748 e. The Morgan fingerprint density at radius 2 is 1.28 bits per heavy atom. The van der Waals surface area contributed by atoms with Crippen molar-refractivity contribution >= 4 is 115 Å². The quantitative estimate of drug-likeness (QED) is 0.0142. The van der Waals surface area contributed by atoms with Crippen molar-refractivity contribution < 1.29 is 343 Å². The molecule has 4 aromatic carbocycles. The zero-order valence-corrected chi connectivity index (χ0v) is 65.5. The van der Waals surface area contributed by atoms with E-state index in [2.05, 4.69) is 18.7 Å². The molecule has 78 heavy (non-hydrogen) atoms. The number of nitrogens with zero attached hydrogens (tertiary/aromatic N) is 2. The first-order valence-corrected chi connectivity index (χ1v) is 30.1. The van der Waals surface area contributed by atoms with Gasteiger partial charge in [-0.3, -0.25) is 10.1 Å². The monoisotopic (exact) mass is 1340 g/mol. The van der Waals surface area contributed by atoms with Crippen LogP contribution in [0.1, 0.15) is 83.8 Å². The van der Waals surface area contributed by atoms with Gasteiger partial charge in [-0.25, -0.2) is 33.7 Å². The molecule has 1 aliphatic carbocycles. The SMILES string of the molecule is CC1(C)C(=CC=C2CCCC(C=CC3=[N+](CCCCS(=O)(=O)[O-])c4ccc5cc(SOO[O-])cc(S(=O)(=O)[O-])c5c4C3(C)C)=C2Cl)N(CCCCS(=O)(=O)[O-])c2ccc3cc(S(=O)(=O)[O-])cc(SOO[O-])c3c21.[K+].[K+].[K+].[K+].[K+]. The van der Waals surface area contributed by atoms with Crippen LogP contribution in [0.15, 0.2) is 114 Å². The minimum absolute atomic E-state index is 0. The Hall–Kier alpha value is 4.40. The first-order chi connectivity index (χ1) is 34.1. The van der Waals surface area contributed by atoms with Gasteiger partial charge >= 0.3 is 257 Å². The zero-order chi connectivity index (χ0) is 53.5. The molecule has 0 unspecified atom stereocenters. The van der Waals surface area contributed by atoms with Crippen LogP contribution in [0.2, 0.25) is 0 Å². The van der Waals surface area contributed by atoms with E-state index in [0.29, 0.717) is 98.4 Å². The Balaban J connectivity index is 0.00000416. The third-order valence-electron chi connectivity index (χ3n) is 13.0. The summed E-state index contributed by atoms with van der Waals surface area (Å²) in [4.78, 5) is 0.998. The van der Waals surface area contributed by atoms with Gasteiger partial charge in [-0.1, -0.05) is 43.7 Å². The topological polar surface area (TPSA) is 318 Å². The number of allylic oxidation sites excluding steroid dienone is 8. The fourth-order valence-electron chi connectivity index (χ4n) is 9.99. The van der Waals surface area contributed by atoms with E-state index in [0.717, 1.165) is 23.3 Å². The van der Waals surface area contributed by atoms with Crippen LogP contribution >= 0.6 is 35.7 Å². The average molecular weight is 1340 g/mol. The van der Waals surface area contributed by atoms with E-state index in [1.165, 1.54) is 12.1 Å². The number of halogens is 1. The molecule has 0 atom stereocenters. The second kappa shape index (κ2) is 32.9. The molecule has 0 radical (unpaired) electrons. The van der Waals surface area contributed by atoms with Crippen LogP contribution in [0.4, 0.5) is 11.4 Å². The van der Waals surface area contributed by atoms with Gasteiger partial charge in [0.25, 0.3) is 0 Å². The summed E-state index contributed by atoms with van der Waals surface area (Å²) in [6.07, 6.45) is 9.72. The first kappa shape index (κ1) is 78.5. The number of unbranched alkanes of at least 4 members (excludes halogenated alkanes) is 2. The second-order valence-corrected chi connectivity index (χ2v) is 26.1. The fourth-order valence-corrected chi connectivity index (χ4v) is 13.9. The zero-order valence-electron chi connectivity index (χ0n) is 44.3. The van der Waals surface area contributed by atoms with Gasteiger partial charge < -0.3 is 33.6 Å². The van der Waals surface area contributed by atoms with Crippen molar-refractivity contribution in [2.45, 2.75) is 103 Å². The van der Waals surface area contributed by atoms with Crippen LogP contribution in [0.3, 0.4) is 0 Å². The molecule has 2 heterocycles. The normalized spacial score (nSPS) is 17.2. The van der Waals surface area contributed by atoms with Gasteiger partial charge in [0, 0.05) is 84.6 Å². The average Bonchev–Trinajstić information content (AvgIpc) is 3.65. The minimum atomic E-state index is -5.14. The molecular weight excluding hydrogens is 1290 g/mol. The molecule has 0 amide bonds. The van der Waals surface area contributed by atoms with E-state index in [-0.39, 0.29) is 311 Å². The maximum Gasteiger partial charge on any atom is 1.00 e. The summed E-state index contributed by atoms with van der Waals surface area (Å²) in [5.41, 5.74) is 3.16. The van der Waals surface area contributed by atoms with E-state index in [1.807, 2.05) is 61.5 Å². The summed E-state index contributed by atoms with van der Waals surface area (Å²) >= 11 is 8.09. The van der Waals surface area contributed by atoms with Crippen molar-refractivity contribution in [1.29, 1.82) is 0 Å². The summed E-state index contributed by atoms with van der Waals surface area (Å²) in [5, 5.41) is 30.3. The molecule has 3 aliphatic rings. The van der Waals surface area contributed by atoms with E-state index in [9.17, 15) is 62.4 Å².